The van der Waals surface area contributed by atoms with Gasteiger partial charge in [0.1, 0.15) is 0 Å². The lowest BCUT2D eigenvalue weighted by atomic mass is 10.0. The number of aryl methyl sites for hydroxylation is 3. The molecule has 20 heavy (non-hydrogen) atoms. The van der Waals surface area contributed by atoms with Gasteiger partial charge in [-0.15, -0.1) is 21.6 Å². The van der Waals surface area contributed by atoms with Crippen LogP contribution in [0.15, 0.2) is 46.1 Å². The van der Waals surface area contributed by atoms with Crippen LogP contribution in [0, 0.1) is 20.8 Å². The average molecular weight is 281 g/mol. The maximum Gasteiger partial charge on any atom is 0.229 e. The first-order chi connectivity index (χ1) is 9.65. The van der Waals surface area contributed by atoms with E-state index in [1.807, 2.05) is 11.4 Å². The fraction of sp³-hybridized carbons (Fsp3) is 0.188. The quantitative estimate of drug-likeness (QED) is 0.564. The van der Waals surface area contributed by atoms with Gasteiger partial charge in [0.15, 0.2) is 0 Å². The van der Waals surface area contributed by atoms with E-state index in [9.17, 15) is 0 Å². The molecule has 3 rings (SSSR count). The molecule has 0 atom stereocenters. The summed E-state index contributed by atoms with van der Waals surface area (Å²) < 4.78 is 0. The van der Waals surface area contributed by atoms with Crippen molar-refractivity contribution >= 4 is 22.2 Å². The minimum absolute atomic E-state index is 0.685. The second-order valence-electron chi connectivity index (χ2n) is 4.92. The number of hydrogen-bond donors (Lipinski definition) is 0. The molecule has 0 fully saturated rings. The molecule has 1 heterocycles. The van der Waals surface area contributed by atoms with E-state index >= 15 is 0 Å². The molecule has 0 aliphatic heterocycles. The fourth-order valence-corrected chi connectivity index (χ4v) is 2.98. The summed E-state index contributed by atoms with van der Waals surface area (Å²) >= 11 is 1.49. The van der Waals surface area contributed by atoms with E-state index < -0.39 is 0 Å². The molecule has 0 aromatic carbocycles. The molecule has 1 aromatic rings. The Kier molecular flexibility index (Phi) is 3.32. The Labute approximate surface area is 122 Å². The van der Waals surface area contributed by atoms with Gasteiger partial charge in [0.25, 0.3) is 0 Å². The van der Waals surface area contributed by atoms with Crippen LogP contribution in [0.25, 0.3) is 11.1 Å². The molecule has 2 aliphatic carbocycles. The smallest absolute Gasteiger partial charge is 0.226 e. The highest BCUT2D eigenvalue weighted by Crippen LogP contribution is 2.39. The maximum atomic E-state index is 4.37. The number of rotatable bonds is 2. The third-order valence-corrected chi connectivity index (χ3v) is 3.96. The maximum absolute atomic E-state index is 4.37. The van der Waals surface area contributed by atoms with Gasteiger partial charge < -0.3 is 0 Å². The normalized spacial score (nSPS) is 11.6. The molecule has 0 bridgehead atoms. The fourth-order valence-electron chi connectivity index (χ4n) is 2.53. The molecular weight excluding hydrogens is 266 g/mol. The van der Waals surface area contributed by atoms with Crippen molar-refractivity contribution in [3.8, 4) is 11.1 Å². The Morgan fingerprint density at radius 3 is 2.55 bits per heavy atom. The van der Waals surface area contributed by atoms with Gasteiger partial charge in [-0.25, -0.2) is 4.98 Å². The number of azo groups is 1. The standard InChI is InChI=1S/C16H15N3S/c1-10-8-11(2)13-4-5-14(15(13)12(3)9-10)18-19-16-17-6-7-20-16/h4-9H,1-3H3. The van der Waals surface area contributed by atoms with Gasteiger partial charge in [-0.1, -0.05) is 23.8 Å². The van der Waals surface area contributed by atoms with Crippen LogP contribution >= 0.6 is 11.3 Å². The second-order valence-corrected chi connectivity index (χ2v) is 5.79. The zero-order valence-corrected chi connectivity index (χ0v) is 12.5. The van der Waals surface area contributed by atoms with Crippen molar-refractivity contribution in [2.75, 3.05) is 0 Å². The zero-order chi connectivity index (χ0) is 14.1. The summed E-state index contributed by atoms with van der Waals surface area (Å²) in [5.41, 5.74) is 7.08. The van der Waals surface area contributed by atoms with Gasteiger partial charge in [-0.2, -0.15) is 0 Å². The van der Waals surface area contributed by atoms with Crippen LogP contribution < -0.4 is 0 Å². The molecule has 1 aromatic heterocycles. The van der Waals surface area contributed by atoms with Gasteiger partial charge in [-0.05, 0) is 43.5 Å². The lowest BCUT2D eigenvalue weighted by molar-refractivity contribution is 1.20. The molecular formula is C16H15N3S. The molecule has 0 spiro atoms. The molecule has 4 heteroatoms. The Balaban J connectivity index is 2.12. The first-order valence-electron chi connectivity index (χ1n) is 6.47. The first kappa shape index (κ1) is 12.9. The Morgan fingerprint density at radius 2 is 1.80 bits per heavy atom. The van der Waals surface area contributed by atoms with Crippen molar-refractivity contribution < 1.29 is 0 Å². The van der Waals surface area contributed by atoms with Gasteiger partial charge >= 0.3 is 0 Å². The molecule has 0 radical (unpaired) electrons. The zero-order valence-electron chi connectivity index (χ0n) is 11.7. The van der Waals surface area contributed by atoms with Crippen LogP contribution in [-0.4, -0.2) is 4.98 Å². The summed E-state index contributed by atoms with van der Waals surface area (Å²) in [4.78, 5) is 4.12. The molecule has 100 valence electrons. The van der Waals surface area contributed by atoms with E-state index in [1.165, 1.54) is 39.2 Å². The second kappa shape index (κ2) is 5.13. The first-order valence-corrected chi connectivity index (χ1v) is 7.35. The summed E-state index contributed by atoms with van der Waals surface area (Å²) in [5.74, 6) is 0. The predicted molar refractivity (Wildman–Crippen MR) is 83.6 cm³/mol. The van der Waals surface area contributed by atoms with Crippen molar-refractivity contribution in [2.24, 2.45) is 10.2 Å². The van der Waals surface area contributed by atoms with E-state index in [0.29, 0.717) is 5.13 Å². The Morgan fingerprint density at radius 1 is 1.00 bits per heavy atom. The highest BCUT2D eigenvalue weighted by atomic mass is 32.1. The lowest BCUT2D eigenvalue weighted by Crippen LogP contribution is -1.77. The van der Waals surface area contributed by atoms with Crippen LogP contribution in [0.2, 0.25) is 0 Å². The van der Waals surface area contributed by atoms with Gasteiger partial charge in [-0.3, -0.25) is 0 Å². The lowest BCUT2D eigenvalue weighted by Gasteiger charge is -2.01. The van der Waals surface area contributed by atoms with Crippen molar-refractivity contribution in [3.63, 3.8) is 0 Å². The Bertz CT molecular complexity index is 745. The number of fused-ring (bicyclic) bond motifs is 1. The molecule has 0 N–H and O–H groups in total. The van der Waals surface area contributed by atoms with E-state index in [4.69, 9.17) is 0 Å². The third-order valence-electron chi connectivity index (χ3n) is 3.30. The monoisotopic (exact) mass is 281 g/mol. The SMILES string of the molecule is Cc1cc(C)c2ccc(N=Nc3nccs3)c-2c(C)c1. The van der Waals surface area contributed by atoms with Crippen LogP contribution in [0.5, 0.6) is 0 Å². The van der Waals surface area contributed by atoms with E-state index in [1.54, 1.807) is 6.20 Å². The summed E-state index contributed by atoms with van der Waals surface area (Å²) in [6.07, 6.45) is 1.74. The van der Waals surface area contributed by atoms with E-state index in [-0.39, 0.29) is 0 Å². The molecule has 0 saturated carbocycles. The average Bonchev–Trinajstić information content (AvgIpc) is 3.03. The molecule has 0 saturated heterocycles. The number of thiazole rings is 1. The Hall–Kier alpha value is -2.07. The van der Waals surface area contributed by atoms with Crippen LogP contribution in [0.1, 0.15) is 16.7 Å². The predicted octanol–water partition coefficient (Wildman–Crippen LogP) is 5.59. The van der Waals surface area contributed by atoms with Gasteiger partial charge in [0, 0.05) is 17.1 Å². The third kappa shape index (κ3) is 2.34. The summed E-state index contributed by atoms with van der Waals surface area (Å²) in [5, 5.41) is 11.2. The highest BCUT2D eigenvalue weighted by Gasteiger charge is 2.13. The van der Waals surface area contributed by atoms with E-state index in [2.05, 4.69) is 54.2 Å². The summed E-state index contributed by atoms with van der Waals surface area (Å²) in [6, 6.07) is 8.54. The minimum Gasteiger partial charge on any atom is -0.226 e. The van der Waals surface area contributed by atoms with E-state index in [0.717, 1.165) is 5.69 Å². The van der Waals surface area contributed by atoms with Crippen molar-refractivity contribution in [1.82, 2.24) is 4.98 Å². The van der Waals surface area contributed by atoms with Crippen LogP contribution in [-0.2, 0) is 0 Å². The highest BCUT2D eigenvalue weighted by molar-refractivity contribution is 7.13. The van der Waals surface area contributed by atoms with Crippen molar-refractivity contribution in [2.45, 2.75) is 20.8 Å². The topological polar surface area (TPSA) is 37.6 Å². The molecule has 3 nitrogen and oxygen atoms in total. The van der Waals surface area contributed by atoms with Crippen molar-refractivity contribution in [3.05, 3.63) is 52.5 Å². The summed E-state index contributed by atoms with van der Waals surface area (Å²) in [7, 11) is 0. The molecule has 2 aliphatic rings. The largest absolute Gasteiger partial charge is 0.229 e. The minimum atomic E-state index is 0.685. The van der Waals surface area contributed by atoms with Crippen LogP contribution in [0.4, 0.5) is 10.8 Å². The van der Waals surface area contributed by atoms with Gasteiger partial charge in [0.05, 0.1) is 5.69 Å². The number of hydrogen-bond acceptors (Lipinski definition) is 4. The van der Waals surface area contributed by atoms with Gasteiger partial charge in [0.2, 0.25) is 5.13 Å². The van der Waals surface area contributed by atoms with Crippen LogP contribution in [0.3, 0.4) is 0 Å². The number of nitrogens with zero attached hydrogens (tertiary/aromatic N) is 3. The molecule has 0 amide bonds. The van der Waals surface area contributed by atoms with Crippen molar-refractivity contribution in [1.29, 1.82) is 0 Å². The number of aromatic nitrogens is 1. The molecule has 0 unspecified atom stereocenters. The summed E-state index contributed by atoms with van der Waals surface area (Å²) in [6.45, 7) is 6.38.